The molecule has 1 aromatic heterocycles. The molecular formula is C17H18N2O4S. The number of nitrogens with one attached hydrogen (secondary N) is 2. The fraction of sp³-hybridized carbons (Fsp3) is 0.235. The van der Waals surface area contributed by atoms with Gasteiger partial charge in [-0.15, -0.1) is 0 Å². The number of rotatable bonds is 7. The number of aryl methyl sites for hydroxylation is 1. The van der Waals surface area contributed by atoms with Crippen LogP contribution >= 0.6 is 0 Å². The highest BCUT2D eigenvalue weighted by atomic mass is 32.2. The van der Waals surface area contributed by atoms with Crippen molar-refractivity contribution >= 4 is 21.1 Å². The van der Waals surface area contributed by atoms with Gasteiger partial charge in [0.05, 0.1) is 11.3 Å². The van der Waals surface area contributed by atoms with Crippen LogP contribution in [0, 0.1) is 0 Å². The van der Waals surface area contributed by atoms with Crippen LogP contribution < -0.4 is 10.5 Å². The van der Waals surface area contributed by atoms with Gasteiger partial charge in [-0.05, 0) is 36.1 Å². The van der Waals surface area contributed by atoms with Gasteiger partial charge in [0, 0.05) is 6.54 Å². The van der Waals surface area contributed by atoms with Gasteiger partial charge in [0.2, 0.25) is 10.0 Å². The molecule has 0 atom stereocenters. The van der Waals surface area contributed by atoms with Gasteiger partial charge in [-0.2, -0.15) is 0 Å². The van der Waals surface area contributed by atoms with E-state index in [9.17, 15) is 13.2 Å². The highest BCUT2D eigenvalue weighted by Gasteiger charge is 2.10. The minimum absolute atomic E-state index is 0.0728. The normalized spacial score (nSPS) is 11.8. The summed E-state index contributed by atoms with van der Waals surface area (Å²) >= 11 is 0. The van der Waals surface area contributed by atoms with Gasteiger partial charge in [-0.3, -0.25) is 4.98 Å². The minimum atomic E-state index is -3.35. The second kappa shape index (κ2) is 7.02. The molecule has 7 heteroatoms. The molecule has 0 saturated heterocycles. The van der Waals surface area contributed by atoms with Crippen molar-refractivity contribution in [3.05, 3.63) is 70.2 Å². The van der Waals surface area contributed by atoms with Gasteiger partial charge < -0.3 is 4.42 Å². The molecule has 0 radical (unpaired) electrons. The number of benzene rings is 2. The van der Waals surface area contributed by atoms with Gasteiger partial charge in [0.25, 0.3) is 0 Å². The summed E-state index contributed by atoms with van der Waals surface area (Å²) in [6.45, 7) is 0.165. The molecule has 2 aromatic carbocycles. The topological polar surface area (TPSA) is 92.2 Å². The summed E-state index contributed by atoms with van der Waals surface area (Å²) < 4.78 is 31.7. The van der Waals surface area contributed by atoms with Crippen LogP contribution in [-0.4, -0.2) is 19.2 Å². The van der Waals surface area contributed by atoms with Crippen molar-refractivity contribution in [2.24, 2.45) is 0 Å². The molecule has 1 heterocycles. The quantitative estimate of drug-likeness (QED) is 0.686. The lowest BCUT2D eigenvalue weighted by Crippen LogP contribution is -2.26. The Kier molecular flexibility index (Phi) is 4.82. The maximum atomic E-state index is 12.1. The monoisotopic (exact) mass is 346 g/mol. The molecule has 0 aliphatic rings. The Morgan fingerprint density at radius 2 is 1.83 bits per heavy atom. The molecule has 126 valence electrons. The third kappa shape index (κ3) is 4.33. The lowest BCUT2D eigenvalue weighted by molar-refractivity contribution is 0.554. The van der Waals surface area contributed by atoms with Crippen LogP contribution in [0.15, 0.2) is 57.7 Å². The molecule has 0 spiro atoms. The molecule has 3 rings (SSSR count). The number of oxazole rings is 1. The third-order valence-corrected chi connectivity index (χ3v) is 5.11. The smallest absolute Gasteiger partial charge is 0.408 e. The minimum Gasteiger partial charge on any atom is -0.408 e. The van der Waals surface area contributed by atoms with Crippen LogP contribution in [0.4, 0.5) is 0 Å². The van der Waals surface area contributed by atoms with Gasteiger partial charge in [0.15, 0.2) is 5.58 Å². The zero-order valence-corrected chi connectivity index (χ0v) is 13.8. The van der Waals surface area contributed by atoms with Crippen molar-refractivity contribution in [3.63, 3.8) is 0 Å². The Labute approximate surface area is 139 Å². The standard InChI is InChI=1S/C17H18N2O4S/c20-17-19-15-9-8-14(11-16(15)23-17)12-18-24(21,22)10-4-7-13-5-2-1-3-6-13/h1-3,5-6,8-9,11,18H,4,7,10,12H2,(H,19,20). The molecule has 0 unspecified atom stereocenters. The van der Waals surface area contributed by atoms with Crippen LogP contribution in [0.1, 0.15) is 17.5 Å². The molecule has 24 heavy (non-hydrogen) atoms. The van der Waals surface area contributed by atoms with Crippen molar-refractivity contribution in [1.82, 2.24) is 9.71 Å². The Bertz CT molecular complexity index is 974. The Balaban J connectivity index is 1.54. The van der Waals surface area contributed by atoms with E-state index in [-0.39, 0.29) is 12.3 Å². The maximum absolute atomic E-state index is 12.1. The zero-order valence-electron chi connectivity index (χ0n) is 13.0. The molecular weight excluding hydrogens is 328 g/mol. The second-order valence-electron chi connectivity index (χ2n) is 5.57. The van der Waals surface area contributed by atoms with E-state index in [1.807, 2.05) is 30.3 Å². The lowest BCUT2D eigenvalue weighted by Gasteiger charge is -2.07. The average molecular weight is 346 g/mol. The van der Waals surface area contributed by atoms with Crippen molar-refractivity contribution in [1.29, 1.82) is 0 Å². The van der Waals surface area contributed by atoms with Crippen LogP contribution in [-0.2, 0) is 23.0 Å². The summed E-state index contributed by atoms with van der Waals surface area (Å²) in [5.41, 5.74) is 2.87. The van der Waals surface area contributed by atoms with E-state index < -0.39 is 15.8 Å². The predicted molar refractivity (Wildman–Crippen MR) is 92.2 cm³/mol. The van der Waals surface area contributed by atoms with Crippen LogP contribution in [0.5, 0.6) is 0 Å². The molecule has 0 aliphatic carbocycles. The number of aromatic nitrogens is 1. The van der Waals surface area contributed by atoms with Crippen molar-refractivity contribution in [2.45, 2.75) is 19.4 Å². The number of fused-ring (bicyclic) bond motifs is 1. The third-order valence-electron chi connectivity index (χ3n) is 3.70. The number of hydrogen-bond acceptors (Lipinski definition) is 4. The van der Waals surface area contributed by atoms with E-state index in [0.717, 1.165) is 17.5 Å². The van der Waals surface area contributed by atoms with E-state index in [1.165, 1.54) is 0 Å². The zero-order chi connectivity index (χ0) is 17.0. The summed E-state index contributed by atoms with van der Waals surface area (Å²) in [4.78, 5) is 13.7. The maximum Gasteiger partial charge on any atom is 0.417 e. The van der Waals surface area contributed by atoms with Gasteiger partial charge >= 0.3 is 5.76 Å². The first-order chi connectivity index (χ1) is 11.5. The summed E-state index contributed by atoms with van der Waals surface area (Å²) in [7, 11) is -3.35. The van der Waals surface area contributed by atoms with Crippen molar-refractivity contribution < 1.29 is 12.8 Å². The van der Waals surface area contributed by atoms with E-state index in [0.29, 0.717) is 17.5 Å². The molecule has 0 fully saturated rings. The summed E-state index contributed by atoms with van der Waals surface area (Å²) in [6.07, 6.45) is 1.29. The molecule has 0 saturated carbocycles. The fourth-order valence-corrected chi connectivity index (χ4v) is 3.53. The average Bonchev–Trinajstić information content (AvgIpc) is 2.93. The molecule has 0 amide bonds. The second-order valence-corrected chi connectivity index (χ2v) is 7.50. The number of aromatic amines is 1. The summed E-state index contributed by atoms with van der Waals surface area (Å²) in [6, 6.07) is 14.9. The van der Waals surface area contributed by atoms with E-state index in [4.69, 9.17) is 4.42 Å². The highest BCUT2D eigenvalue weighted by molar-refractivity contribution is 7.89. The first-order valence-corrected chi connectivity index (χ1v) is 9.30. The molecule has 6 nitrogen and oxygen atoms in total. The van der Waals surface area contributed by atoms with Crippen molar-refractivity contribution in [3.8, 4) is 0 Å². The largest absolute Gasteiger partial charge is 0.417 e. The van der Waals surface area contributed by atoms with Gasteiger partial charge in [-0.1, -0.05) is 36.4 Å². The SMILES string of the molecule is O=c1[nH]c2ccc(CNS(=O)(=O)CCCc3ccccc3)cc2o1. The lowest BCUT2D eigenvalue weighted by atomic mass is 10.1. The number of sulfonamides is 1. The van der Waals surface area contributed by atoms with Gasteiger partial charge in [0.1, 0.15) is 0 Å². The number of hydrogen-bond donors (Lipinski definition) is 2. The van der Waals surface area contributed by atoms with E-state index in [1.54, 1.807) is 18.2 Å². The molecule has 2 N–H and O–H groups in total. The Morgan fingerprint density at radius 3 is 2.62 bits per heavy atom. The number of H-pyrrole nitrogens is 1. The summed E-state index contributed by atoms with van der Waals surface area (Å²) in [5.74, 6) is -0.452. The van der Waals surface area contributed by atoms with E-state index in [2.05, 4.69) is 9.71 Å². The summed E-state index contributed by atoms with van der Waals surface area (Å²) in [5, 5.41) is 0. The first-order valence-electron chi connectivity index (χ1n) is 7.65. The van der Waals surface area contributed by atoms with Crippen LogP contribution in [0.2, 0.25) is 0 Å². The van der Waals surface area contributed by atoms with Gasteiger partial charge in [-0.25, -0.2) is 17.9 Å². The molecule has 0 bridgehead atoms. The highest BCUT2D eigenvalue weighted by Crippen LogP contribution is 2.12. The Hall–Kier alpha value is -2.38. The van der Waals surface area contributed by atoms with Crippen LogP contribution in [0.3, 0.4) is 0 Å². The Morgan fingerprint density at radius 1 is 1.04 bits per heavy atom. The predicted octanol–water partition coefficient (Wildman–Crippen LogP) is 2.17. The van der Waals surface area contributed by atoms with Crippen LogP contribution in [0.25, 0.3) is 11.1 Å². The first kappa shape index (κ1) is 16.5. The fourth-order valence-electron chi connectivity index (χ4n) is 2.48. The molecule has 0 aliphatic heterocycles. The van der Waals surface area contributed by atoms with E-state index >= 15 is 0 Å². The van der Waals surface area contributed by atoms with Crippen molar-refractivity contribution in [2.75, 3.05) is 5.75 Å². The molecule has 3 aromatic rings.